The highest BCUT2D eigenvalue weighted by Gasteiger charge is 2.27. The average molecular weight is 407 g/mol. The maximum Gasteiger partial charge on any atom is 0.264 e. The number of nitrogens with zero attached hydrogens (tertiary/aromatic N) is 1. The quantitative estimate of drug-likeness (QED) is 0.619. The van der Waals surface area contributed by atoms with Crippen molar-refractivity contribution in [3.05, 3.63) is 98.2 Å². The number of hydrogen-bond acceptors (Lipinski definition) is 2. The fraction of sp³-hybridized carbons (Fsp3) is 0.280. The van der Waals surface area contributed by atoms with Crippen molar-refractivity contribution in [2.45, 2.75) is 47.1 Å². The van der Waals surface area contributed by atoms with Crippen LogP contribution in [-0.2, 0) is 19.4 Å². The summed E-state index contributed by atoms with van der Waals surface area (Å²) < 4.78 is 14.4. The van der Waals surface area contributed by atoms with Crippen LogP contribution in [0.4, 0.5) is 10.1 Å². The van der Waals surface area contributed by atoms with E-state index in [2.05, 4.69) is 4.98 Å². The molecule has 0 saturated carbocycles. The number of rotatable bonds is 6. The molecule has 3 aromatic rings. The smallest absolute Gasteiger partial charge is 0.264 e. The number of anilines is 1. The monoisotopic (exact) mass is 406 g/mol. The molecule has 0 bridgehead atoms. The first kappa shape index (κ1) is 21.5. The lowest BCUT2D eigenvalue weighted by molar-refractivity contribution is 0.0982. The van der Waals surface area contributed by atoms with E-state index >= 15 is 0 Å². The second-order valence-corrected chi connectivity index (χ2v) is 7.40. The second-order valence-electron chi connectivity index (χ2n) is 7.40. The number of pyridine rings is 1. The number of aryl methyl sites for hydroxylation is 4. The molecule has 156 valence electrons. The van der Waals surface area contributed by atoms with Gasteiger partial charge in [-0.2, -0.15) is 0 Å². The van der Waals surface area contributed by atoms with E-state index in [0.29, 0.717) is 5.69 Å². The Kier molecular flexibility index (Phi) is 6.50. The minimum atomic E-state index is -0.914. The van der Waals surface area contributed by atoms with Crippen molar-refractivity contribution in [3.63, 3.8) is 0 Å². The highest BCUT2D eigenvalue weighted by molar-refractivity contribution is 6.07. The van der Waals surface area contributed by atoms with E-state index in [-0.39, 0.29) is 17.8 Å². The number of H-pyrrole nitrogens is 1. The van der Waals surface area contributed by atoms with Crippen LogP contribution in [0.2, 0.25) is 0 Å². The number of amides is 1. The Morgan fingerprint density at radius 1 is 0.933 bits per heavy atom. The lowest BCUT2D eigenvalue weighted by Crippen LogP contribution is -2.37. The molecular formula is C25H27FN2O2. The van der Waals surface area contributed by atoms with Gasteiger partial charge in [-0.3, -0.25) is 9.59 Å². The molecule has 0 atom stereocenters. The Balaban J connectivity index is 2.23. The molecule has 1 N–H and O–H groups in total. The number of hydrogen-bond donors (Lipinski definition) is 1. The zero-order valence-corrected chi connectivity index (χ0v) is 17.9. The molecule has 30 heavy (non-hydrogen) atoms. The first-order valence-corrected chi connectivity index (χ1v) is 10.2. The highest BCUT2D eigenvalue weighted by Crippen LogP contribution is 2.30. The molecule has 0 aliphatic rings. The van der Waals surface area contributed by atoms with Crippen LogP contribution in [0.25, 0.3) is 0 Å². The van der Waals surface area contributed by atoms with Crippen LogP contribution >= 0.6 is 0 Å². The third-order valence-electron chi connectivity index (χ3n) is 5.38. The molecule has 1 amide bonds. The van der Waals surface area contributed by atoms with E-state index in [1.165, 1.54) is 6.92 Å². The van der Waals surface area contributed by atoms with E-state index in [1.807, 2.05) is 62.4 Å². The van der Waals surface area contributed by atoms with Gasteiger partial charge in [-0.15, -0.1) is 0 Å². The summed E-state index contributed by atoms with van der Waals surface area (Å²) in [6.45, 7) is 7.48. The van der Waals surface area contributed by atoms with Gasteiger partial charge in [0, 0.05) is 5.69 Å². The van der Waals surface area contributed by atoms with Crippen molar-refractivity contribution in [1.82, 2.24) is 4.98 Å². The third-order valence-corrected chi connectivity index (χ3v) is 5.38. The molecular weight excluding hydrogens is 379 g/mol. The average Bonchev–Trinajstić information content (AvgIpc) is 2.76. The summed E-state index contributed by atoms with van der Waals surface area (Å²) in [4.78, 5) is 30.9. The molecule has 0 saturated heterocycles. The molecule has 0 aliphatic heterocycles. The van der Waals surface area contributed by atoms with Gasteiger partial charge in [-0.25, -0.2) is 4.39 Å². The summed E-state index contributed by atoms with van der Waals surface area (Å²) >= 11 is 0. The van der Waals surface area contributed by atoms with E-state index in [0.717, 1.165) is 35.2 Å². The van der Waals surface area contributed by atoms with Gasteiger partial charge >= 0.3 is 0 Å². The number of carbonyl (C=O) groups excluding carboxylic acids is 1. The van der Waals surface area contributed by atoms with E-state index in [1.54, 1.807) is 11.8 Å². The molecule has 0 spiro atoms. The molecule has 2 aromatic carbocycles. The van der Waals surface area contributed by atoms with E-state index < -0.39 is 17.2 Å². The summed E-state index contributed by atoms with van der Waals surface area (Å²) in [7, 11) is 0. The van der Waals surface area contributed by atoms with Crippen LogP contribution in [0.5, 0.6) is 0 Å². The van der Waals surface area contributed by atoms with Crippen LogP contribution in [0.15, 0.2) is 53.3 Å². The highest BCUT2D eigenvalue weighted by atomic mass is 19.1. The van der Waals surface area contributed by atoms with Gasteiger partial charge in [0.15, 0.2) is 5.82 Å². The first-order chi connectivity index (χ1) is 14.4. The molecule has 0 aliphatic carbocycles. The van der Waals surface area contributed by atoms with E-state index in [4.69, 9.17) is 0 Å². The maximum absolute atomic E-state index is 14.4. The fourth-order valence-corrected chi connectivity index (χ4v) is 3.82. The fourth-order valence-electron chi connectivity index (χ4n) is 3.82. The van der Waals surface area contributed by atoms with E-state index in [9.17, 15) is 14.0 Å². The Morgan fingerprint density at radius 2 is 1.53 bits per heavy atom. The lowest BCUT2D eigenvalue weighted by atomic mass is 10.00. The predicted molar refractivity (Wildman–Crippen MR) is 119 cm³/mol. The van der Waals surface area contributed by atoms with Gasteiger partial charge in [0.25, 0.3) is 5.91 Å². The van der Waals surface area contributed by atoms with Crippen LogP contribution < -0.4 is 10.3 Å². The van der Waals surface area contributed by atoms with Crippen molar-refractivity contribution in [2.24, 2.45) is 0 Å². The molecule has 1 aromatic heterocycles. The Hall–Kier alpha value is -3.21. The Bertz CT molecular complexity index is 1100. The Morgan fingerprint density at radius 3 is 2.10 bits per heavy atom. The summed E-state index contributed by atoms with van der Waals surface area (Å²) in [5.41, 5.74) is 3.25. The minimum Gasteiger partial charge on any atom is -0.359 e. The minimum absolute atomic E-state index is 0.131. The SMILES string of the molecule is CCc1cccc(CC)c1N(Cc1ccccc1)C(=O)c1c(C)[nH]c(C)c(F)c1=O. The van der Waals surface area contributed by atoms with Crippen LogP contribution in [0, 0.1) is 19.7 Å². The zero-order valence-electron chi connectivity index (χ0n) is 17.9. The van der Waals surface area contributed by atoms with Crippen molar-refractivity contribution in [1.29, 1.82) is 0 Å². The van der Waals surface area contributed by atoms with Crippen LogP contribution in [0.1, 0.15) is 52.3 Å². The van der Waals surface area contributed by atoms with Gasteiger partial charge in [0.05, 0.1) is 17.9 Å². The Labute approximate surface area is 176 Å². The molecule has 0 radical (unpaired) electrons. The number of nitrogens with one attached hydrogen (secondary N) is 1. The number of aromatic amines is 1. The number of benzene rings is 2. The lowest BCUT2D eigenvalue weighted by Gasteiger charge is -2.28. The predicted octanol–water partition coefficient (Wildman–Crippen LogP) is 5.10. The third kappa shape index (κ3) is 4.06. The van der Waals surface area contributed by atoms with Crippen molar-refractivity contribution in [3.8, 4) is 0 Å². The molecule has 4 nitrogen and oxygen atoms in total. The summed E-state index contributed by atoms with van der Waals surface area (Å²) in [6.07, 6.45) is 1.47. The zero-order chi connectivity index (χ0) is 21.8. The summed E-state index contributed by atoms with van der Waals surface area (Å²) in [6, 6.07) is 15.6. The molecule has 3 rings (SSSR count). The normalized spacial score (nSPS) is 10.8. The number of aromatic nitrogens is 1. The molecule has 1 heterocycles. The van der Waals surface area contributed by atoms with Crippen molar-refractivity contribution >= 4 is 11.6 Å². The number of halogens is 1. The summed E-state index contributed by atoms with van der Waals surface area (Å²) in [5.74, 6) is -1.41. The second kappa shape index (κ2) is 9.08. The molecule has 5 heteroatoms. The largest absolute Gasteiger partial charge is 0.359 e. The standard InChI is InChI=1S/C25H27FN2O2/c1-5-19-13-10-14-20(6-2)23(19)28(15-18-11-8-7-9-12-18)25(30)21-16(3)27-17(4)22(26)24(21)29/h7-14H,5-6,15H2,1-4H3,(H,27,29). The maximum atomic E-state index is 14.4. The number of carbonyl (C=O) groups is 1. The van der Waals surface area contributed by atoms with Gasteiger partial charge in [-0.05, 0) is 43.4 Å². The van der Waals surface area contributed by atoms with Crippen molar-refractivity contribution in [2.75, 3.05) is 4.90 Å². The van der Waals surface area contributed by atoms with Gasteiger partial charge in [0.1, 0.15) is 5.56 Å². The van der Waals surface area contributed by atoms with Gasteiger partial charge < -0.3 is 9.88 Å². The van der Waals surface area contributed by atoms with Gasteiger partial charge in [0.2, 0.25) is 5.43 Å². The topological polar surface area (TPSA) is 53.2 Å². The van der Waals surface area contributed by atoms with Gasteiger partial charge in [-0.1, -0.05) is 62.4 Å². The summed E-state index contributed by atoms with van der Waals surface area (Å²) in [5, 5.41) is 0. The van der Waals surface area contributed by atoms with Crippen molar-refractivity contribution < 1.29 is 9.18 Å². The van der Waals surface area contributed by atoms with Crippen LogP contribution in [0.3, 0.4) is 0 Å². The number of para-hydroxylation sites is 1. The first-order valence-electron chi connectivity index (χ1n) is 10.2. The molecule has 0 unspecified atom stereocenters. The molecule has 0 fully saturated rings. The van der Waals surface area contributed by atoms with Crippen LogP contribution in [-0.4, -0.2) is 10.9 Å².